The fourth-order valence-electron chi connectivity index (χ4n) is 2.28. The van der Waals surface area contributed by atoms with Gasteiger partial charge in [-0.25, -0.2) is 4.39 Å². The van der Waals surface area contributed by atoms with Crippen LogP contribution in [0.15, 0.2) is 12.1 Å². The van der Waals surface area contributed by atoms with Crippen LogP contribution >= 0.6 is 11.6 Å². The van der Waals surface area contributed by atoms with Gasteiger partial charge in [-0.1, -0.05) is 6.07 Å². The van der Waals surface area contributed by atoms with E-state index in [-0.39, 0.29) is 17.6 Å². The van der Waals surface area contributed by atoms with Gasteiger partial charge in [0.1, 0.15) is 5.82 Å². The topological polar surface area (TPSA) is 44.8 Å². The van der Waals surface area contributed by atoms with Crippen molar-refractivity contribution in [3.05, 3.63) is 29.1 Å². The summed E-state index contributed by atoms with van der Waals surface area (Å²) in [5.74, 6) is -0.729. The van der Waals surface area contributed by atoms with E-state index in [9.17, 15) is 9.18 Å². The Morgan fingerprint density at radius 3 is 2.27 bits per heavy atom. The summed E-state index contributed by atoms with van der Waals surface area (Å²) in [6, 6.07) is 2.94. The van der Waals surface area contributed by atoms with Crippen molar-refractivity contribution in [3.8, 4) is 0 Å². The van der Waals surface area contributed by atoms with Gasteiger partial charge in [0.05, 0.1) is 23.4 Å². The molecule has 0 unspecified atom stereocenters. The van der Waals surface area contributed by atoms with E-state index in [0.29, 0.717) is 5.56 Å². The van der Waals surface area contributed by atoms with Gasteiger partial charge in [-0.05, 0) is 50.9 Å². The van der Waals surface area contributed by atoms with Crippen molar-refractivity contribution >= 4 is 29.4 Å². The molecule has 0 atom stereocenters. The molecule has 0 bridgehead atoms. The number of hydrogen-bond acceptors (Lipinski definition) is 4. The van der Waals surface area contributed by atoms with E-state index in [1.807, 2.05) is 27.7 Å². The van der Waals surface area contributed by atoms with Gasteiger partial charge in [-0.3, -0.25) is 4.79 Å². The first-order valence-electron chi connectivity index (χ1n) is 6.96. The number of ether oxygens (including phenoxy) is 1. The molecule has 0 spiro atoms. The van der Waals surface area contributed by atoms with E-state index in [0.717, 1.165) is 0 Å². The summed E-state index contributed by atoms with van der Waals surface area (Å²) in [5, 5.41) is -0.862. The van der Waals surface area contributed by atoms with Gasteiger partial charge in [-0.2, -0.15) is 0 Å². The van der Waals surface area contributed by atoms with E-state index >= 15 is 0 Å². The van der Waals surface area contributed by atoms with Crippen molar-refractivity contribution in [2.45, 2.75) is 45.5 Å². The summed E-state index contributed by atoms with van der Waals surface area (Å²) in [7, 11) is 0.582. The molecule has 1 aliphatic rings. The Hall–Kier alpha value is -0.945. The Morgan fingerprint density at radius 2 is 1.82 bits per heavy atom. The quantitative estimate of drug-likeness (QED) is 0.629. The predicted octanol–water partition coefficient (Wildman–Crippen LogP) is 2.65. The Kier molecular flexibility index (Phi) is 4.69. The molecule has 0 amide bonds. The van der Waals surface area contributed by atoms with Crippen LogP contribution < -0.4 is 5.46 Å². The van der Waals surface area contributed by atoms with E-state index in [1.165, 1.54) is 13.2 Å². The third-order valence-corrected chi connectivity index (χ3v) is 4.47. The van der Waals surface area contributed by atoms with E-state index in [1.54, 1.807) is 6.07 Å². The van der Waals surface area contributed by atoms with Crippen LogP contribution in [0.4, 0.5) is 4.39 Å². The highest BCUT2D eigenvalue weighted by Crippen LogP contribution is 2.37. The third-order valence-electron chi connectivity index (χ3n) is 4.27. The monoisotopic (exact) mass is 328 g/mol. The van der Waals surface area contributed by atoms with Gasteiger partial charge in [0.25, 0.3) is 5.24 Å². The first kappa shape index (κ1) is 17.4. The van der Waals surface area contributed by atoms with E-state index in [2.05, 4.69) is 0 Å². The molecule has 0 N–H and O–H groups in total. The number of carbonyl (C=O) groups is 1. The Bertz CT molecular complexity index is 587. The lowest BCUT2D eigenvalue weighted by atomic mass is 9.74. The SMILES string of the molecule is COCc1ccc(C(=O)Cl)c(F)c1B1OC(C)(C)C(C)(C)O1. The van der Waals surface area contributed by atoms with Gasteiger partial charge in [0.2, 0.25) is 0 Å². The summed E-state index contributed by atoms with van der Waals surface area (Å²) >= 11 is 5.44. The van der Waals surface area contributed by atoms with Crippen LogP contribution in [0, 0.1) is 5.82 Å². The lowest BCUT2D eigenvalue weighted by Crippen LogP contribution is -2.41. The highest BCUT2D eigenvalue weighted by Gasteiger charge is 2.53. The molecular weight excluding hydrogens is 309 g/mol. The minimum atomic E-state index is -0.925. The van der Waals surface area contributed by atoms with Crippen molar-refractivity contribution in [1.82, 2.24) is 0 Å². The van der Waals surface area contributed by atoms with Gasteiger partial charge in [-0.15, -0.1) is 0 Å². The highest BCUT2D eigenvalue weighted by atomic mass is 35.5. The first-order valence-corrected chi connectivity index (χ1v) is 7.34. The second-order valence-electron chi connectivity index (χ2n) is 6.29. The van der Waals surface area contributed by atoms with Crippen molar-refractivity contribution in [3.63, 3.8) is 0 Å². The Labute approximate surface area is 135 Å². The maximum Gasteiger partial charge on any atom is 0.498 e. The summed E-state index contributed by atoms with van der Waals surface area (Å²) in [6.45, 7) is 7.66. The molecule has 1 saturated heterocycles. The lowest BCUT2D eigenvalue weighted by molar-refractivity contribution is 0.00578. The zero-order valence-electron chi connectivity index (χ0n) is 13.3. The average molecular weight is 329 g/mol. The Balaban J connectivity index is 2.54. The van der Waals surface area contributed by atoms with Crippen molar-refractivity contribution < 1.29 is 23.2 Å². The van der Waals surface area contributed by atoms with Gasteiger partial charge in [0.15, 0.2) is 0 Å². The molecule has 1 aliphatic heterocycles. The number of rotatable bonds is 4. The van der Waals surface area contributed by atoms with Crippen molar-refractivity contribution in [1.29, 1.82) is 0 Å². The number of methoxy groups -OCH3 is 1. The molecule has 4 nitrogen and oxygen atoms in total. The fraction of sp³-hybridized carbons (Fsp3) is 0.533. The molecule has 0 aliphatic carbocycles. The van der Waals surface area contributed by atoms with Gasteiger partial charge < -0.3 is 14.0 Å². The number of halogens is 2. The molecule has 1 aromatic carbocycles. The van der Waals surface area contributed by atoms with Gasteiger partial charge in [0, 0.05) is 12.6 Å². The maximum absolute atomic E-state index is 14.7. The summed E-state index contributed by atoms with van der Waals surface area (Å²) in [6.07, 6.45) is 0. The van der Waals surface area contributed by atoms with Crippen LogP contribution in [-0.2, 0) is 20.7 Å². The first-order chi connectivity index (χ1) is 10.1. The molecular formula is C15H19BClFO4. The van der Waals surface area contributed by atoms with Crippen molar-refractivity contribution in [2.75, 3.05) is 7.11 Å². The Morgan fingerprint density at radius 1 is 1.27 bits per heavy atom. The standard InChI is InChI=1S/C15H19BClFO4/c1-14(2)15(3,4)22-16(21-14)11-9(8-20-5)6-7-10(12(11)18)13(17)19/h6-7H,8H2,1-5H3. The summed E-state index contributed by atoms with van der Waals surface area (Å²) < 4.78 is 31.6. The normalized spacial score (nSPS) is 19.5. The number of benzene rings is 1. The molecule has 0 radical (unpaired) electrons. The summed E-state index contributed by atoms with van der Waals surface area (Å²) in [5.41, 5.74) is -0.719. The van der Waals surface area contributed by atoms with Gasteiger partial charge >= 0.3 is 7.12 Å². The van der Waals surface area contributed by atoms with E-state index in [4.69, 9.17) is 25.6 Å². The van der Waals surface area contributed by atoms with Crippen LogP contribution in [0.1, 0.15) is 43.6 Å². The van der Waals surface area contributed by atoms with Crippen molar-refractivity contribution in [2.24, 2.45) is 0 Å². The number of carbonyl (C=O) groups excluding carboxylic acids is 1. The minimum Gasteiger partial charge on any atom is -0.399 e. The second-order valence-corrected chi connectivity index (χ2v) is 6.64. The molecule has 2 rings (SSSR count). The largest absolute Gasteiger partial charge is 0.498 e. The molecule has 1 heterocycles. The maximum atomic E-state index is 14.7. The second kappa shape index (κ2) is 5.93. The zero-order chi connectivity index (χ0) is 16.7. The molecule has 1 fully saturated rings. The molecule has 0 aromatic heterocycles. The minimum absolute atomic E-state index is 0.159. The molecule has 1 aromatic rings. The predicted molar refractivity (Wildman–Crippen MR) is 83.0 cm³/mol. The average Bonchev–Trinajstić information content (AvgIpc) is 2.58. The third kappa shape index (κ3) is 2.93. The molecule has 22 heavy (non-hydrogen) atoms. The van der Waals surface area contributed by atoms with E-state index < -0.39 is 29.4 Å². The highest BCUT2D eigenvalue weighted by molar-refractivity contribution is 6.68. The molecule has 120 valence electrons. The summed E-state index contributed by atoms with van der Waals surface area (Å²) in [4.78, 5) is 11.4. The molecule has 0 saturated carbocycles. The fourth-order valence-corrected chi connectivity index (χ4v) is 2.43. The van der Waals surface area contributed by atoms with Crippen LogP contribution in [0.2, 0.25) is 0 Å². The van der Waals surface area contributed by atoms with Crippen LogP contribution in [0.3, 0.4) is 0 Å². The smallest absolute Gasteiger partial charge is 0.399 e. The number of hydrogen-bond donors (Lipinski definition) is 0. The molecule has 7 heteroatoms. The zero-order valence-corrected chi connectivity index (χ0v) is 14.1. The van der Waals surface area contributed by atoms with Crippen LogP contribution in [-0.4, -0.2) is 30.7 Å². The van der Waals surface area contributed by atoms with Crippen LogP contribution in [0.5, 0.6) is 0 Å². The van der Waals surface area contributed by atoms with Crippen LogP contribution in [0.25, 0.3) is 0 Å². The lowest BCUT2D eigenvalue weighted by Gasteiger charge is -2.32.